The van der Waals surface area contributed by atoms with E-state index in [-0.39, 0.29) is 12.5 Å². The second kappa shape index (κ2) is 9.32. The molecule has 3 rings (SSSR count). The van der Waals surface area contributed by atoms with Gasteiger partial charge < -0.3 is 14.8 Å². The van der Waals surface area contributed by atoms with E-state index in [9.17, 15) is 4.79 Å². The standard InChI is InChI=1S/C22H21N3O3/c1-3-7-16-10-11-18(19(14-16)27-2)28-15-20(26)25-22-21(23-12-13-24-22)17-8-5-4-6-9-17/h3-14H,15H2,1-2H3,(H,24,25,26)/b7-3+. The molecule has 0 radical (unpaired) electrons. The van der Waals surface area contributed by atoms with Crippen molar-refractivity contribution in [2.24, 2.45) is 0 Å². The smallest absolute Gasteiger partial charge is 0.263 e. The van der Waals surface area contributed by atoms with Crippen LogP contribution in [0.5, 0.6) is 11.5 Å². The van der Waals surface area contributed by atoms with Crippen molar-refractivity contribution < 1.29 is 14.3 Å². The van der Waals surface area contributed by atoms with Gasteiger partial charge in [0.25, 0.3) is 5.91 Å². The summed E-state index contributed by atoms with van der Waals surface area (Å²) in [5.74, 6) is 1.11. The van der Waals surface area contributed by atoms with Gasteiger partial charge in [-0.1, -0.05) is 48.6 Å². The lowest BCUT2D eigenvalue weighted by molar-refractivity contribution is -0.118. The Bertz CT molecular complexity index is 972. The third-order valence-electron chi connectivity index (χ3n) is 3.91. The van der Waals surface area contributed by atoms with E-state index in [4.69, 9.17) is 9.47 Å². The molecule has 0 bridgehead atoms. The molecule has 1 amide bonds. The molecule has 142 valence electrons. The quantitative estimate of drug-likeness (QED) is 0.670. The van der Waals surface area contributed by atoms with E-state index < -0.39 is 0 Å². The van der Waals surface area contributed by atoms with Crippen molar-refractivity contribution in [3.63, 3.8) is 0 Å². The minimum Gasteiger partial charge on any atom is -0.493 e. The summed E-state index contributed by atoms with van der Waals surface area (Å²) in [5.41, 5.74) is 2.46. The molecule has 0 spiro atoms. The summed E-state index contributed by atoms with van der Waals surface area (Å²) < 4.78 is 11.0. The largest absolute Gasteiger partial charge is 0.493 e. The number of benzene rings is 2. The highest BCUT2D eigenvalue weighted by Gasteiger charge is 2.13. The summed E-state index contributed by atoms with van der Waals surface area (Å²) in [7, 11) is 1.56. The maximum Gasteiger partial charge on any atom is 0.263 e. The van der Waals surface area contributed by atoms with Crippen molar-refractivity contribution in [1.29, 1.82) is 0 Å². The van der Waals surface area contributed by atoms with Gasteiger partial charge in [-0.05, 0) is 24.6 Å². The molecule has 0 aliphatic heterocycles. The number of ether oxygens (including phenoxy) is 2. The molecule has 0 unspecified atom stereocenters. The number of hydrogen-bond acceptors (Lipinski definition) is 5. The number of nitrogens with zero attached hydrogens (tertiary/aromatic N) is 2. The highest BCUT2D eigenvalue weighted by molar-refractivity contribution is 5.94. The number of methoxy groups -OCH3 is 1. The summed E-state index contributed by atoms with van der Waals surface area (Å²) in [5, 5.41) is 2.76. The average molecular weight is 375 g/mol. The van der Waals surface area contributed by atoms with Gasteiger partial charge in [0.2, 0.25) is 0 Å². The molecule has 0 aliphatic carbocycles. The Kier molecular flexibility index (Phi) is 6.36. The molecule has 0 saturated carbocycles. The normalized spacial score (nSPS) is 10.6. The number of amides is 1. The van der Waals surface area contributed by atoms with E-state index in [0.29, 0.717) is 23.0 Å². The second-order valence-electron chi connectivity index (χ2n) is 5.87. The van der Waals surface area contributed by atoms with Gasteiger partial charge in [-0.25, -0.2) is 4.98 Å². The van der Waals surface area contributed by atoms with Crippen molar-refractivity contribution in [1.82, 2.24) is 9.97 Å². The first-order chi connectivity index (χ1) is 13.7. The number of carbonyl (C=O) groups excluding carboxylic acids is 1. The first-order valence-electron chi connectivity index (χ1n) is 8.81. The SMILES string of the molecule is C/C=C/c1ccc(OCC(=O)Nc2nccnc2-c2ccccc2)c(OC)c1. The Morgan fingerprint density at radius 1 is 1.07 bits per heavy atom. The highest BCUT2D eigenvalue weighted by Crippen LogP contribution is 2.29. The van der Waals surface area contributed by atoms with Crippen LogP contribution in [0.15, 0.2) is 67.0 Å². The lowest BCUT2D eigenvalue weighted by Crippen LogP contribution is -2.21. The van der Waals surface area contributed by atoms with Crippen LogP contribution in [0.25, 0.3) is 17.3 Å². The summed E-state index contributed by atoms with van der Waals surface area (Å²) in [6, 6.07) is 15.1. The average Bonchev–Trinajstić information content (AvgIpc) is 2.74. The highest BCUT2D eigenvalue weighted by atomic mass is 16.5. The van der Waals surface area contributed by atoms with Crippen LogP contribution in [0.1, 0.15) is 12.5 Å². The number of rotatable bonds is 7. The summed E-state index contributed by atoms with van der Waals surface area (Å²) >= 11 is 0. The van der Waals surface area contributed by atoms with Crippen LogP contribution < -0.4 is 14.8 Å². The molecule has 6 heteroatoms. The van der Waals surface area contributed by atoms with E-state index in [1.54, 1.807) is 19.4 Å². The minimum atomic E-state index is -0.336. The van der Waals surface area contributed by atoms with E-state index in [0.717, 1.165) is 11.1 Å². The number of aromatic nitrogens is 2. The van der Waals surface area contributed by atoms with Crippen molar-refractivity contribution >= 4 is 17.8 Å². The Hall–Kier alpha value is -3.67. The van der Waals surface area contributed by atoms with Gasteiger partial charge in [-0.2, -0.15) is 0 Å². The molecular formula is C22H21N3O3. The van der Waals surface area contributed by atoms with Gasteiger partial charge in [-0.15, -0.1) is 0 Å². The van der Waals surface area contributed by atoms with Crippen LogP contribution >= 0.6 is 0 Å². The lowest BCUT2D eigenvalue weighted by atomic mass is 10.1. The van der Waals surface area contributed by atoms with Gasteiger partial charge in [-0.3, -0.25) is 9.78 Å². The first kappa shape index (κ1) is 19.1. The maximum atomic E-state index is 12.4. The predicted molar refractivity (Wildman–Crippen MR) is 109 cm³/mol. The van der Waals surface area contributed by atoms with Gasteiger partial charge in [0.15, 0.2) is 23.9 Å². The molecule has 1 N–H and O–H groups in total. The molecule has 1 aromatic heterocycles. The number of anilines is 1. The molecule has 28 heavy (non-hydrogen) atoms. The number of allylic oxidation sites excluding steroid dienone is 1. The lowest BCUT2D eigenvalue weighted by Gasteiger charge is -2.12. The van der Waals surface area contributed by atoms with Crippen LogP contribution in [0.3, 0.4) is 0 Å². The second-order valence-corrected chi connectivity index (χ2v) is 5.87. The monoisotopic (exact) mass is 375 g/mol. The van der Waals surface area contributed by atoms with E-state index in [1.165, 1.54) is 6.20 Å². The van der Waals surface area contributed by atoms with Crippen molar-refractivity contribution in [2.45, 2.75) is 6.92 Å². The molecule has 2 aromatic carbocycles. The zero-order chi connectivity index (χ0) is 19.8. The number of hydrogen-bond donors (Lipinski definition) is 1. The van der Waals surface area contributed by atoms with Crippen LogP contribution in [0, 0.1) is 0 Å². The van der Waals surface area contributed by atoms with Crippen LogP contribution in [0.2, 0.25) is 0 Å². The van der Waals surface area contributed by atoms with Crippen molar-refractivity contribution in [2.75, 3.05) is 19.0 Å². The predicted octanol–water partition coefficient (Wildman–Crippen LogP) is 4.20. The fraction of sp³-hybridized carbons (Fsp3) is 0.136. The maximum absolute atomic E-state index is 12.4. The van der Waals surface area contributed by atoms with Crippen LogP contribution in [-0.2, 0) is 4.79 Å². The molecule has 0 saturated heterocycles. The Labute approximate surface area is 163 Å². The molecule has 0 atom stereocenters. The van der Waals surface area contributed by atoms with Gasteiger partial charge in [0, 0.05) is 18.0 Å². The van der Waals surface area contributed by atoms with Gasteiger partial charge >= 0.3 is 0 Å². The Morgan fingerprint density at radius 2 is 1.86 bits per heavy atom. The fourth-order valence-electron chi connectivity index (χ4n) is 2.65. The number of nitrogens with one attached hydrogen (secondary N) is 1. The minimum absolute atomic E-state index is 0.176. The first-order valence-corrected chi connectivity index (χ1v) is 8.81. The fourth-order valence-corrected chi connectivity index (χ4v) is 2.65. The third-order valence-corrected chi connectivity index (χ3v) is 3.91. The zero-order valence-electron chi connectivity index (χ0n) is 15.8. The zero-order valence-corrected chi connectivity index (χ0v) is 15.8. The van der Waals surface area contributed by atoms with Gasteiger partial charge in [0.05, 0.1) is 7.11 Å². The van der Waals surface area contributed by atoms with Crippen LogP contribution in [-0.4, -0.2) is 29.6 Å². The molecule has 0 aliphatic rings. The Morgan fingerprint density at radius 3 is 2.61 bits per heavy atom. The van der Waals surface area contributed by atoms with E-state index in [2.05, 4.69) is 15.3 Å². The summed E-state index contributed by atoms with van der Waals surface area (Å²) in [6.07, 6.45) is 7.02. The molecule has 6 nitrogen and oxygen atoms in total. The van der Waals surface area contributed by atoms with Crippen molar-refractivity contribution in [3.05, 3.63) is 72.6 Å². The van der Waals surface area contributed by atoms with E-state index in [1.807, 2.05) is 61.5 Å². The molecule has 1 heterocycles. The van der Waals surface area contributed by atoms with E-state index >= 15 is 0 Å². The topological polar surface area (TPSA) is 73.3 Å². The van der Waals surface area contributed by atoms with Crippen molar-refractivity contribution in [3.8, 4) is 22.8 Å². The Balaban J connectivity index is 1.69. The van der Waals surface area contributed by atoms with Crippen LogP contribution in [0.4, 0.5) is 5.82 Å². The molecule has 3 aromatic rings. The number of carbonyl (C=O) groups is 1. The molecule has 0 fully saturated rings. The summed E-state index contributed by atoms with van der Waals surface area (Å²) in [4.78, 5) is 20.9. The third kappa shape index (κ3) is 4.73. The molecular weight excluding hydrogens is 354 g/mol. The van der Waals surface area contributed by atoms with Gasteiger partial charge in [0.1, 0.15) is 5.69 Å². The summed E-state index contributed by atoms with van der Waals surface area (Å²) in [6.45, 7) is 1.77.